The van der Waals surface area contributed by atoms with Crippen LogP contribution in [0.3, 0.4) is 0 Å². The highest BCUT2D eigenvalue weighted by Gasteiger charge is 2.34. The molecule has 9 nitrogen and oxygen atoms in total. The van der Waals surface area contributed by atoms with E-state index in [4.69, 9.17) is 15.3 Å². The normalized spacial score (nSPS) is 19.5. The van der Waals surface area contributed by atoms with Crippen LogP contribution in [0.15, 0.2) is 0 Å². The van der Waals surface area contributed by atoms with Gasteiger partial charge in [-0.1, -0.05) is 0 Å². The fraction of sp³-hybridized carbons (Fsp3) is 0.667. The predicted molar refractivity (Wildman–Crippen MR) is 68.9 cm³/mol. The monoisotopic (exact) mass is 302 g/mol. The molecule has 1 aliphatic rings. The van der Waals surface area contributed by atoms with Crippen molar-refractivity contribution in [2.45, 2.75) is 31.3 Å². The number of likely N-dealkylation sites (tertiary alicyclic amines) is 1. The Morgan fingerprint density at radius 1 is 1.19 bits per heavy atom. The molecule has 0 unspecified atom stereocenters. The Morgan fingerprint density at radius 3 is 2.29 bits per heavy atom. The minimum atomic E-state index is -1.55. The number of Topliss-reactive ketones (excluding diaryl/α,β-unsaturated/α-hetero) is 1. The lowest BCUT2D eigenvalue weighted by molar-refractivity contribution is -0.149. The molecule has 9 heteroatoms. The van der Waals surface area contributed by atoms with Gasteiger partial charge in [-0.2, -0.15) is 0 Å². The molecule has 1 aliphatic heterocycles. The Bertz CT molecular complexity index is 437. The van der Waals surface area contributed by atoms with E-state index in [1.54, 1.807) is 4.90 Å². The van der Waals surface area contributed by atoms with Crippen LogP contribution >= 0.6 is 0 Å². The number of rotatable bonds is 10. The summed E-state index contributed by atoms with van der Waals surface area (Å²) in [5.74, 6) is -4.58. The average Bonchev–Trinajstić information content (AvgIpc) is 2.34. The van der Waals surface area contributed by atoms with Gasteiger partial charge in [-0.3, -0.25) is 19.3 Å². The van der Waals surface area contributed by atoms with E-state index in [0.29, 0.717) is 19.5 Å². The molecule has 0 saturated carbocycles. The van der Waals surface area contributed by atoms with Crippen LogP contribution in [-0.2, 0) is 19.2 Å². The molecule has 0 radical (unpaired) electrons. The maximum Gasteiger partial charge on any atom is 0.372 e. The fourth-order valence-electron chi connectivity index (χ4n) is 2.06. The Kier molecular flexibility index (Phi) is 6.25. The van der Waals surface area contributed by atoms with Crippen molar-refractivity contribution in [1.29, 1.82) is 0 Å². The van der Waals surface area contributed by atoms with Gasteiger partial charge in [0.15, 0.2) is 0 Å². The molecule has 118 valence electrons. The Morgan fingerprint density at radius 2 is 1.86 bits per heavy atom. The maximum absolute atomic E-state index is 11.0. The van der Waals surface area contributed by atoms with E-state index in [9.17, 15) is 19.2 Å². The summed E-state index contributed by atoms with van der Waals surface area (Å²) < 4.78 is 0. The second-order valence-electron chi connectivity index (χ2n) is 4.79. The Hall–Kier alpha value is -2.00. The van der Waals surface area contributed by atoms with E-state index in [-0.39, 0.29) is 19.4 Å². The van der Waals surface area contributed by atoms with Crippen LogP contribution in [0.2, 0.25) is 0 Å². The number of carboxylic acid groups (broad SMARTS) is 3. The zero-order chi connectivity index (χ0) is 16.0. The number of nitrogens with zero attached hydrogens (tertiary/aromatic N) is 1. The average molecular weight is 302 g/mol. The third kappa shape index (κ3) is 5.12. The molecule has 4 N–H and O–H groups in total. The van der Waals surface area contributed by atoms with Crippen LogP contribution in [0.25, 0.3) is 0 Å². The van der Waals surface area contributed by atoms with Crippen molar-refractivity contribution in [2.24, 2.45) is 0 Å². The standard InChI is InChI=1S/C12H18N2O7/c15-9(12(20)21)1-4-13-7(10(16)17)2-5-14-6-3-8(14)11(18)19/h7-8,13H,1-6H2,(H,16,17)(H,18,19)(H,20,21)/t7-,8-/m0/s1. The molecule has 21 heavy (non-hydrogen) atoms. The number of carboxylic acids is 3. The summed E-state index contributed by atoms with van der Waals surface area (Å²) in [5, 5.41) is 28.9. The molecule has 1 rings (SSSR count). The van der Waals surface area contributed by atoms with E-state index in [0.717, 1.165) is 0 Å². The molecule has 1 heterocycles. The third-order valence-electron chi connectivity index (χ3n) is 3.40. The molecule has 0 aromatic carbocycles. The summed E-state index contributed by atoms with van der Waals surface area (Å²) in [6, 6.07) is -1.50. The number of nitrogens with one attached hydrogen (secondary N) is 1. The number of ketones is 1. The van der Waals surface area contributed by atoms with Crippen LogP contribution in [0, 0.1) is 0 Å². The lowest BCUT2D eigenvalue weighted by atomic mass is 10.0. The van der Waals surface area contributed by atoms with Gasteiger partial charge in [-0.15, -0.1) is 0 Å². The molecule has 0 amide bonds. The van der Waals surface area contributed by atoms with Crippen molar-refractivity contribution in [1.82, 2.24) is 10.2 Å². The van der Waals surface area contributed by atoms with Crippen molar-refractivity contribution < 1.29 is 34.5 Å². The summed E-state index contributed by atoms with van der Waals surface area (Å²) in [4.78, 5) is 44.7. The Balaban J connectivity index is 2.34. The fourth-order valence-corrected chi connectivity index (χ4v) is 2.06. The number of aliphatic carboxylic acids is 3. The van der Waals surface area contributed by atoms with Gasteiger partial charge < -0.3 is 20.6 Å². The summed E-state index contributed by atoms with van der Waals surface area (Å²) in [6.07, 6.45) is 0.439. The largest absolute Gasteiger partial charge is 0.480 e. The first-order chi connectivity index (χ1) is 9.82. The van der Waals surface area contributed by atoms with Crippen LogP contribution in [-0.4, -0.2) is 75.6 Å². The maximum atomic E-state index is 11.0. The smallest absolute Gasteiger partial charge is 0.372 e. The first-order valence-corrected chi connectivity index (χ1v) is 6.52. The molecule has 0 spiro atoms. The molecule has 0 aliphatic carbocycles. The molecule has 1 saturated heterocycles. The van der Waals surface area contributed by atoms with Gasteiger partial charge in [0.05, 0.1) is 0 Å². The lowest BCUT2D eigenvalue weighted by Gasteiger charge is -2.38. The van der Waals surface area contributed by atoms with E-state index in [1.807, 2.05) is 0 Å². The summed E-state index contributed by atoms with van der Waals surface area (Å²) in [5.41, 5.74) is 0. The quantitative estimate of drug-likeness (QED) is 0.359. The Labute approximate surface area is 120 Å². The van der Waals surface area contributed by atoms with Crippen molar-refractivity contribution in [3.8, 4) is 0 Å². The highest BCUT2D eigenvalue weighted by molar-refractivity contribution is 6.32. The van der Waals surface area contributed by atoms with Crippen LogP contribution in [0.5, 0.6) is 0 Å². The summed E-state index contributed by atoms with van der Waals surface area (Å²) in [7, 11) is 0. The minimum Gasteiger partial charge on any atom is -0.480 e. The van der Waals surface area contributed by atoms with E-state index < -0.39 is 35.8 Å². The van der Waals surface area contributed by atoms with Crippen molar-refractivity contribution in [3.05, 3.63) is 0 Å². The first-order valence-electron chi connectivity index (χ1n) is 6.52. The van der Waals surface area contributed by atoms with Gasteiger partial charge in [-0.25, -0.2) is 4.79 Å². The number of carbonyl (C=O) groups excluding carboxylic acids is 1. The van der Waals surface area contributed by atoms with Crippen LogP contribution < -0.4 is 5.32 Å². The molecular weight excluding hydrogens is 284 g/mol. The van der Waals surface area contributed by atoms with E-state index >= 15 is 0 Å². The van der Waals surface area contributed by atoms with Crippen LogP contribution in [0.4, 0.5) is 0 Å². The first kappa shape index (κ1) is 17.1. The van der Waals surface area contributed by atoms with E-state index in [2.05, 4.69) is 5.32 Å². The van der Waals surface area contributed by atoms with Gasteiger partial charge in [0, 0.05) is 26.1 Å². The van der Waals surface area contributed by atoms with Crippen molar-refractivity contribution in [3.63, 3.8) is 0 Å². The predicted octanol–water partition coefficient (Wildman–Crippen LogP) is -1.38. The molecule has 2 atom stereocenters. The van der Waals surface area contributed by atoms with Gasteiger partial charge in [-0.05, 0) is 12.8 Å². The molecule has 0 bridgehead atoms. The van der Waals surface area contributed by atoms with Gasteiger partial charge in [0.25, 0.3) is 0 Å². The van der Waals surface area contributed by atoms with Gasteiger partial charge >= 0.3 is 17.9 Å². The zero-order valence-electron chi connectivity index (χ0n) is 11.3. The van der Waals surface area contributed by atoms with E-state index in [1.165, 1.54) is 0 Å². The number of carbonyl (C=O) groups is 4. The summed E-state index contributed by atoms with van der Waals surface area (Å²) in [6.45, 7) is 0.874. The number of hydrogen-bond acceptors (Lipinski definition) is 6. The van der Waals surface area contributed by atoms with Crippen molar-refractivity contribution >= 4 is 23.7 Å². The lowest BCUT2D eigenvalue weighted by Crippen LogP contribution is -2.53. The highest BCUT2D eigenvalue weighted by atomic mass is 16.4. The number of hydrogen-bond donors (Lipinski definition) is 4. The molecule has 1 fully saturated rings. The topological polar surface area (TPSA) is 144 Å². The highest BCUT2D eigenvalue weighted by Crippen LogP contribution is 2.17. The van der Waals surface area contributed by atoms with Gasteiger partial charge in [0.1, 0.15) is 12.1 Å². The van der Waals surface area contributed by atoms with Gasteiger partial charge in [0.2, 0.25) is 5.78 Å². The van der Waals surface area contributed by atoms with Crippen LogP contribution in [0.1, 0.15) is 19.3 Å². The second kappa shape index (κ2) is 7.70. The summed E-state index contributed by atoms with van der Waals surface area (Å²) >= 11 is 0. The zero-order valence-corrected chi connectivity index (χ0v) is 11.3. The molecule has 0 aromatic heterocycles. The SMILES string of the molecule is O=C(O)C(=O)CCN[C@@H](CCN1CC[C@H]1C(=O)O)C(=O)O. The third-order valence-corrected chi connectivity index (χ3v) is 3.40. The van der Waals surface area contributed by atoms with Crippen molar-refractivity contribution in [2.75, 3.05) is 19.6 Å². The second-order valence-corrected chi connectivity index (χ2v) is 4.79. The molecular formula is C12H18N2O7. The molecule has 0 aromatic rings. The minimum absolute atomic E-state index is 0.0511.